The van der Waals surface area contributed by atoms with Gasteiger partial charge in [-0.15, -0.1) is 0 Å². The minimum atomic E-state index is -4.31. The minimum absolute atomic E-state index is 0. The molecule has 0 aromatic carbocycles. The Hall–Kier alpha value is 3.53. The molecule has 0 aliphatic rings. The summed E-state index contributed by atoms with van der Waals surface area (Å²) >= 11 is 0. The van der Waals surface area contributed by atoms with Gasteiger partial charge in [0.2, 0.25) is 0 Å². The standard InChI is InChI=1S/C14H33NO6P2.2K/c1-2-3-4-5-6-7-8-9-10-11-12-15(13-22(16,17)18)14-23(19,20)21;;/h2-14H2,1H3,(H2,16,17,18)(H2,19,20,21);;. The average Bonchev–Trinajstić information content (AvgIpc) is 2.37. The normalized spacial score (nSPS) is 11.9. The number of unbranched alkanes of at least 4 members (excludes halogenated alkanes) is 9. The SMILES string of the molecule is CCCCCCCCCCCCN(CP(=O)(O)O)CP(=O)(O)O.[K].[K]. The molecular formula is C14H33K2NO6P2. The maximum atomic E-state index is 11.0. The van der Waals surface area contributed by atoms with E-state index in [0.717, 1.165) is 19.3 Å². The van der Waals surface area contributed by atoms with E-state index in [1.54, 1.807) is 0 Å². The molecule has 0 amide bonds. The van der Waals surface area contributed by atoms with Crippen molar-refractivity contribution in [2.75, 3.05) is 19.1 Å². The van der Waals surface area contributed by atoms with Gasteiger partial charge in [0, 0.05) is 103 Å². The zero-order valence-electron chi connectivity index (χ0n) is 16.1. The van der Waals surface area contributed by atoms with Gasteiger partial charge in [0.1, 0.15) is 12.6 Å². The molecule has 0 unspecified atom stereocenters. The van der Waals surface area contributed by atoms with Crippen molar-refractivity contribution >= 4 is 118 Å². The van der Waals surface area contributed by atoms with E-state index in [9.17, 15) is 9.13 Å². The fraction of sp³-hybridized carbons (Fsp3) is 1.00. The smallest absolute Gasteiger partial charge is 0.324 e. The van der Waals surface area contributed by atoms with Gasteiger partial charge in [0.25, 0.3) is 0 Å². The molecule has 0 aliphatic heterocycles. The van der Waals surface area contributed by atoms with Gasteiger partial charge >= 0.3 is 15.2 Å². The number of hydrogen-bond acceptors (Lipinski definition) is 3. The van der Waals surface area contributed by atoms with Crippen molar-refractivity contribution < 1.29 is 28.7 Å². The van der Waals surface area contributed by atoms with Crippen LogP contribution < -0.4 is 0 Å². The van der Waals surface area contributed by atoms with Crippen molar-refractivity contribution in [3.8, 4) is 0 Å². The first-order valence-electron chi connectivity index (χ1n) is 8.45. The third-order valence-electron chi connectivity index (χ3n) is 3.60. The fourth-order valence-electron chi connectivity index (χ4n) is 2.53. The first kappa shape index (κ1) is 33.2. The average molecular weight is 452 g/mol. The molecule has 142 valence electrons. The van der Waals surface area contributed by atoms with E-state index < -0.39 is 27.8 Å². The van der Waals surface area contributed by atoms with Crippen LogP contribution in [0.3, 0.4) is 0 Å². The van der Waals surface area contributed by atoms with Crippen molar-refractivity contribution in [1.29, 1.82) is 0 Å². The van der Waals surface area contributed by atoms with Crippen LogP contribution in [0.1, 0.15) is 71.1 Å². The van der Waals surface area contributed by atoms with Gasteiger partial charge in [-0.2, -0.15) is 0 Å². The Bertz CT molecular complexity index is 368. The minimum Gasteiger partial charge on any atom is -0.324 e. The van der Waals surface area contributed by atoms with E-state index in [0.29, 0.717) is 13.0 Å². The number of hydrogen-bond donors (Lipinski definition) is 4. The Morgan fingerprint density at radius 2 is 0.960 bits per heavy atom. The third-order valence-corrected chi connectivity index (χ3v) is 5.13. The van der Waals surface area contributed by atoms with Crippen LogP contribution in [0.2, 0.25) is 0 Å². The summed E-state index contributed by atoms with van der Waals surface area (Å²) in [6, 6.07) is 0. The summed E-state index contributed by atoms with van der Waals surface area (Å²) in [4.78, 5) is 37.0. The molecule has 0 saturated heterocycles. The Kier molecular flexibility index (Phi) is 25.9. The van der Waals surface area contributed by atoms with E-state index in [4.69, 9.17) is 19.6 Å². The maximum Gasteiger partial charge on any atom is 0.339 e. The Balaban J connectivity index is -0.00000242. The first-order chi connectivity index (χ1) is 10.6. The second-order valence-corrected chi connectivity index (χ2v) is 9.41. The summed E-state index contributed by atoms with van der Waals surface area (Å²) in [5, 5.41) is 0. The van der Waals surface area contributed by atoms with Gasteiger partial charge in [-0.1, -0.05) is 64.7 Å². The molecule has 0 aliphatic carbocycles. The summed E-state index contributed by atoms with van der Waals surface area (Å²) < 4.78 is 22.0. The molecule has 0 aromatic rings. The van der Waals surface area contributed by atoms with Gasteiger partial charge < -0.3 is 19.6 Å². The van der Waals surface area contributed by atoms with E-state index in [2.05, 4.69) is 6.92 Å². The van der Waals surface area contributed by atoms with Gasteiger partial charge in [-0.25, -0.2) is 0 Å². The van der Waals surface area contributed by atoms with Crippen molar-refractivity contribution in [1.82, 2.24) is 4.90 Å². The van der Waals surface area contributed by atoms with Crippen LogP contribution in [-0.2, 0) is 9.13 Å². The van der Waals surface area contributed by atoms with Gasteiger partial charge in [0.15, 0.2) is 0 Å². The fourth-order valence-corrected chi connectivity index (χ4v) is 4.21. The summed E-state index contributed by atoms with van der Waals surface area (Å²) in [6.45, 7) is 2.49. The number of rotatable bonds is 15. The predicted molar refractivity (Wildman–Crippen MR) is 104 cm³/mol. The predicted octanol–water partition coefficient (Wildman–Crippen LogP) is 2.72. The molecule has 0 rings (SSSR count). The van der Waals surface area contributed by atoms with Gasteiger partial charge in [-0.3, -0.25) is 14.0 Å². The summed E-state index contributed by atoms with van der Waals surface area (Å²) in [6.07, 6.45) is 10.2. The molecule has 0 fully saturated rings. The Morgan fingerprint density at radius 3 is 1.28 bits per heavy atom. The molecule has 25 heavy (non-hydrogen) atoms. The molecule has 11 heteroatoms. The maximum absolute atomic E-state index is 11.0. The Morgan fingerprint density at radius 1 is 0.640 bits per heavy atom. The molecular weight excluding hydrogens is 418 g/mol. The molecule has 0 spiro atoms. The molecule has 0 bridgehead atoms. The van der Waals surface area contributed by atoms with E-state index >= 15 is 0 Å². The van der Waals surface area contributed by atoms with Crippen LogP contribution in [0.15, 0.2) is 0 Å². The quantitative estimate of drug-likeness (QED) is 0.172. The molecule has 4 N–H and O–H groups in total. The van der Waals surface area contributed by atoms with Crippen molar-refractivity contribution in [3.63, 3.8) is 0 Å². The van der Waals surface area contributed by atoms with Crippen LogP contribution in [0.4, 0.5) is 0 Å². The van der Waals surface area contributed by atoms with Crippen LogP contribution >= 0.6 is 15.2 Å². The summed E-state index contributed by atoms with van der Waals surface area (Å²) in [5.41, 5.74) is 0. The second-order valence-electron chi connectivity index (χ2n) is 6.19. The van der Waals surface area contributed by atoms with Gasteiger partial charge in [-0.05, 0) is 13.0 Å². The number of nitrogens with zero attached hydrogens (tertiary/aromatic N) is 1. The molecule has 2 radical (unpaired) electrons. The third kappa shape index (κ3) is 27.5. The van der Waals surface area contributed by atoms with E-state index in [1.807, 2.05) is 0 Å². The van der Waals surface area contributed by atoms with E-state index in [-0.39, 0.29) is 103 Å². The second kappa shape index (κ2) is 19.5. The largest absolute Gasteiger partial charge is 0.339 e. The topological polar surface area (TPSA) is 118 Å². The van der Waals surface area contributed by atoms with Crippen molar-refractivity contribution in [2.45, 2.75) is 71.1 Å². The van der Waals surface area contributed by atoms with Crippen LogP contribution in [0, 0.1) is 0 Å². The molecule has 7 nitrogen and oxygen atoms in total. The zero-order chi connectivity index (χ0) is 17.8. The molecule has 0 heterocycles. The Labute approximate surface area is 237 Å². The van der Waals surface area contributed by atoms with Crippen LogP contribution in [0.25, 0.3) is 0 Å². The van der Waals surface area contributed by atoms with Gasteiger partial charge in [0.05, 0.1) is 0 Å². The summed E-state index contributed by atoms with van der Waals surface area (Å²) in [5.74, 6) is 0. The first-order valence-corrected chi connectivity index (χ1v) is 12.0. The molecule has 0 atom stereocenters. The molecule has 0 aromatic heterocycles. The van der Waals surface area contributed by atoms with E-state index in [1.165, 1.54) is 43.4 Å². The van der Waals surface area contributed by atoms with Crippen molar-refractivity contribution in [3.05, 3.63) is 0 Å². The van der Waals surface area contributed by atoms with Crippen LogP contribution in [0.5, 0.6) is 0 Å². The van der Waals surface area contributed by atoms with Crippen molar-refractivity contribution in [2.24, 2.45) is 0 Å². The zero-order valence-corrected chi connectivity index (χ0v) is 24.2. The summed E-state index contributed by atoms with van der Waals surface area (Å²) in [7, 11) is -8.61. The van der Waals surface area contributed by atoms with Crippen LogP contribution in [-0.4, -0.2) is 146 Å². The molecule has 0 saturated carbocycles. The monoisotopic (exact) mass is 451 g/mol.